The lowest BCUT2D eigenvalue weighted by Crippen LogP contribution is -2.22. The van der Waals surface area contributed by atoms with Crippen LogP contribution in [0, 0.1) is 17.2 Å². The molecule has 0 amide bonds. The average molecular weight is 327 g/mol. The van der Waals surface area contributed by atoms with E-state index in [9.17, 15) is 0 Å². The largest absolute Gasteiger partial charge is 0.299 e. The van der Waals surface area contributed by atoms with Gasteiger partial charge < -0.3 is 0 Å². The Morgan fingerprint density at radius 3 is 2.87 bits per heavy atom. The minimum atomic E-state index is -0.140. The van der Waals surface area contributed by atoms with Gasteiger partial charge in [0.1, 0.15) is 0 Å². The van der Waals surface area contributed by atoms with Crippen LogP contribution in [0.3, 0.4) is 0 Å². The second-order valence-corrected chi connectivity index (χ2v) is 7.44. The van der Waals surface area contributed by atoms with Gasteiger partial charge in [0.25, 0.3) is 0 Å². The molecule has 1 aliphatic rings. The lowest BCUT2D eigenvalue weighted by atomic mass is 9.85. The minimum absolute atomic E-state index is 0.140. The summed E-state index contributed by atoms with van der Waals surface area (Å²) < 4.78 is 2.25. The monoisotopic (exact) mass is 327 g/mol. The maximum Gasteiger partial charge on any atom is 0.193 e. The van der Waals surface area contributed by atoms with E-state index in [0.29, 0.717) is 12.0 Å². The highest BCUT2D eigenvalue weighted by molar-refractivity contribution is 8.00. The van der Waals surface area contributed by atoms with Crippen LogP contribution in [0.2, 0.25) is 0 Å². The van der Waals surface area contributed by atoms with Gasteiger partial charge in [-0.25, -0.2) is 0 Å². The third kappa shape index (κ3) is 3.40. The van der Waals surface area contributed by atoms with Crippen molar-refractivity contribution in [2.45, 2.75) is 56.0 Å². The van der Waals surface area contributed by atoms with Crippen LogP contribution in [-0.2, 0) is 0 Å². The summed E-state index contributed by atoms with van der Waals surface area (Å²) in [5.74, 6) is 1.46. The third-order valence-electron chi connectivity index (χ3n) is 4.45. The third-order valence-corrected chi connectivity index (χ3v) is 5.39. The zero-order valence-corrected chi connectivity index (χ0v) is 14.3. The van der Waals surface area contributed by atoms with Gasteiger partial charge in [0.2, 0.25) is 0 Å². The molecule has 120 valence electrons. The molecule has 1 fully saturated rings. The predicted molar refractivity (Wildman–Crippen MR) is 90.9 cm³/mol. The molecule has 0 N–H and O–H groups in total. The van der Waals surface area contributed by atoms with Gasteiger partial charge >= 0.3 is 0 Å². The van der Waals surface area contributed by atoms with E-state index >= 15 is 0 Å². The molecular weight excluding hydrogens is 306 g/mol. The highest BCUT2D eigenvalue weighted by atomic mass is 32.2. The summed E-state index contributed by atoms with van der Waals surface area (Å²) in [6, 6.07) is 6.60. The molecule has 1 aliphatic carbocycles. The van der Waals surface area contributed by atoms with Gasteiger partial charge in [0.15, 0.2) is 11.0 Å². The van der Waals surface area contributed by atoms with Gasteiger partial charge in [-0.1, -0.05) is 31.5 Å². The molecule has 1 saturated carbocycles. The van der Waals surface area contributed by atoms with E-state index in [1.165, 1.54) is 31.0 Å². The SMILES string of the molecule is C[C@H](C#N)Sc1nnc(-c2cccnc2)n1[C@@H]1CCCC[C@@H]1C. The van der Waals surface area contributed by atoms with E-state index < -0.39 is 0 Å². The highest BCUT2D eigenvalue weighted by Crippen LogP contribution is 2.39. The molecule has 0 aliphatic heterocycles. The quantitative estimate of drug-likeness (QED) is 0.791. The van der Waals surface area contributed by atoms with E-state index in [-0.39, 0.29) is 5.25 Å². The molecule has 6 heteroatoms. The maximum absolute atomic E-state index is 9.13. The molecule has 0 aromatic carbocycles. The van der Waals surface area contributed by atoms with Crippen LogP contribution in [0.1, 0.15) is 45.6 Å². The molecule has 0 saturated heterocycles. The van der Waals surface area contributed by atoms with Crippen molar-refractivity contribution in [1.29, 1.82) is 5.26 Å². The Bertz CT molecular complexity index is 691. The first-order valence-corrected chi connectivity index (χ1v) is 9.00. The molecule has 2 heterocycles. The van der Waals surface area contributed by atoms with Crippen molar-refractivity contribution in [2.24, 2.45) is 5.92 Å². The molecule has 3 atom stereocenters. The molecule has 23 heavy (non-hydrogen) atoms. The van der Waals surface area contributed by atoms with E-state index in [1.807, 2.05) is 25.3 Å². The number of hydrogen-bond donors (Lipinski definition) is 0. The van der Waals surface area contributed by atoms with Crippen LogP contribution < -0.4 is 0 Å². The Labute approximate surface area is 141 Å². The number of aromatic nitrogens is 4. The smallest absolute Gasteiger partial charge is 0.193 e. The standard InChI is InChI=1S/C17H21N5S/c1-12-6-3-4-8-15(12)22-16(14-7-5-9-19-11-14)20-21-17(22)23-13(2)10-18/h5,7,9,11-13,15H,3-4,6,8H2,1-2H3/t12-,13+,15+/m0/s1. The van der Waals surface area contributed by atoms with Gasteiger partial charge in [0, 0.05) is 24.0 Å². The lowest BCUT2D eigenvalue weighted by Gasteiger charge is -2.31. The Hall–Kier alpha value is -1.87. The first-order chi connectivity index (χ1) is 11.2. The first-order valence-electron chi connectivity index (χ1n) is 8.12. The van der Waals surface area contributed by atoms with Crippen molar-refractivity contribution in [3.05, 3.63) is 24.5 Å². The Balaban J connectivity index is 2.04. The van der Waals surface area contributed by atoms with Crippen molar-refractivity contribution < 1.29 is 0 Å². The normalized spacial score (nSPS) is 22.5. The van der Waals surface area contributed by atoms with Crippen molar-refractivity contribution >= 4 is 11.8 Å². The molecule has 3 rings (SSSR count). The van der Waals surface area contributed by atoms with E-state index in [4.69, 9.17) is 5.26 Å². The summed E-state index contributed by atoms with van der Waals surface area (Å²) in [6.07, 6.45) is 8.49. The number of nitriles is 1. The fraction of sp³-hybridized carbons (Fsp3) is 0.529. The zero-order chi connectivity index (χ0) is 16.2. The topological polar surface area (TPSA) is 67.4 Å². The number of hydrogen-bond acceptors (Lipinski definition) is 5. The van der Waals surface area contributed by atoms with Gasteiger partial charge in [0.05, 0.1) is 11.3 Å². The molecule has 0 radical (unpaired) electrons. The maximum atomic E-state index is 9.13. The van der Waals surface area contributed by atoms with Crippen LogP contribution in [0.4, 0.5) is 0 Å². The summed E-state index contributed by atoms with van der Waals surface area (Å²) in [4.78, 5) is 4.21. The lowest BCUT2D eigenvalue weighted by molar-refractivity contribution is 0.247. The van der Waals surface area contributed by atoms with Crippen LogP contribution in [-0.4, -0.2) is 25.0 Å². The van der Waals surface area contributed by atoms with Crippen LogP contribution in [0.15, 0.2) is 29.7 Å². The number of nitrogens with zero attached hydrogens (tertiary/aromatic N) is 5. The molecule has 2 aromatic rings. The second-order valence-electron chi connectivity index (χ2n) is 6.14. The van der Waals surface area contributed by atoms with E-state index in [0.717, 1.165) is 23.0 Å². The number of rotatable bonds is 4. The Kier molecular flexibility index (Phi) is 4.97. The summed E-state index contributed by atoms with van der Waals surface area (Å²) in [6.45, 7) is 4.21. The molecule has 0 unspecified atom stereocenters. The Morgan fingerprint density at radius 1 is 1.35 bits per heavy atom. The van der Waals surface area contributed by atoms with Crippen LogP contribution in [0.25, 0.3) is 11.4 Å². The van der Waals surface area contributed by atoms with Gasteiger partial charge in [-0.3, -0.25) is 9.55 Å². The van der Waals surface area contributed by atoms with Gasteiger partial charge in [-0.15, -0.1) is 10.2 Å². The van der Waals surface area contributed by atoms with Gasteiger partial charge in [-0.05, 0) is 37.8 Å². The summed E-state index contributed by atoms with van der Waals surface area (Å²) in [7, 11) is 0. The second kappa shape index (κ2) is 7.14. The Morgan fingerprint density at radius 2 is 2.17 bits per heavy atom. The number of pyridine rings is 1. The fourth-order valence-electron chi connectivity index (χ4n) is 3.21. The van der Waals surface area contributed by atoms with Crippen molar-refractivity contribution in [2.75, 3.05) is 0 Å². The highest BCUT2D eigenvalue weighted by Gasteiger charge is 2.29. The van der Waals surface area contributed by atoms with Crippen molar-refractivity contribution in [3.8, 4) is 17.5 Å². The van der Waals surface area contributed by atoms with Crippen molar-refractivity contribution in [1.82, 2.24) is 19.7 Å². The molecule has 0 spiro atoms. The zero-order valence-electron chi connectivity index (χ0n) is 13.5. The van der Waals surface area contributed by atoms with Gasteiger partial charge in [-0.2, -0.15) is 5.26 Å². The fourth-order valence-corrected chi connectivity index (χ4v) is 4.01. The van der Waals surface area contributed by atoms with Crippen LogP contribution in [0.5, 0.6) is 0 Å². The van der Waals surface area contributed by atoms with E-state index in [2.05, 4.69) is 32.7 Å². The average Bonchev–Trinajstić information content (AvgIpc) is 2.99. The summed E-state index contributed by atoms with van der Waals surface area (Å²) in [5, 5.41) is 18.7. The minimum Gasteiger partial charge on any atom is -0.299 e. The number of thioether (sulfide) groups is 1. The molecule has 5 nitrogen and oxygen atoms in total. The molecular formula is C17H21N5S. The molecule has 2 aromatic heterocycles. The van der Waals surface area contributed by atoms with E-state index in [1.54, 1.807) is 6.20 Å². The van der Waals surface area contributed by atoms with Crippen molar-refractivity contribution in [3.63, 3.8) is 0 Å². The predicted octanol–water partition coefficient (Wildman–Crippen LogP) is 4.10. The molecule has 0 bridgehead atoms. The summed E-state index contributed by atoms with van der Waals surface area (Å²) >= 11 is 1.49. The first kappa shape index (κ1) is 16.0. The summed E-state index contributed by atoms with van der Waals surface area (Å²) in [5.41, 5.74) is 0.981. The van der Waals surface area contributed by atoms with Crippen LogP contribution >= 0.6 is 11.8 Å².